The minimum absolute atomic E-state index is 0.00802. The molecule has 3 rings (SSSR count). The number of sulfone groups is 1. The van der Waals surface area contributed by atoms with E-state index in [2.05, 4.69) is 0 Å². The summed E-state index contributed by atoms with van der Waals surface area (Å²) < 4.78 is 28.9. The predicted molar refractivity (Wildman–Crippen MR) is 111 cm³/mol. The number of ketones is 1. The van der Waals surface area contributed by atoms with Gasteiger partial charge in [0, 0.05) is 28.7 Å². The van der Waals surface area contributed by atoms with Gasteiger partial charge >= 0.3 is 0 Å². The van der Waals surface area contributed by atoms with E-state index in [4.69, 9.17) is 16.3 Å². The van der Waals surface area contributed by atoms with Crippen molar-refractivity contribution in [1.82, 2.24) is 4.90 Å². The Morgan fingerprint density at radius 1 is 1.07 bits per heavy atom. The van der Waals surface area contributed by atoms with Crippen molar-refractivity contribution in [1.29, 1.82) is 0 Å². The van der Waals surface area contributed by atoms with Crippen molar-refractivity contribution in [3.63, 3.8) is 0 Å². The van der Waals surface area contributed by atoms with Crippen LogP contribution >= 0.6 is 11.6 Å². The minimum Gasteiger partial charge on any atom is -0.484 e. The molecular weight excluding hydrogens is 414 g/mol. The monoisotopic (exact) mass is 435 g/mol. The van der Waals surface area contributed by atoms with E-state index in [1.165, 1.54) is 0 Å². The summed E-state index contributed by atoms with van der Waals surface area (Å²) in [4.78, 5) is 26.5. The van der Waals surface area contributed by atoms with Gasteiger partial charge in [0.1, 0.15) is 5.75 Å². The van der Waals surface area contributed by atoms with Crippen molar-refractivity contribution < 1.29 is 22.7 Å². The van der Waals surface area contributed by atoms with Crippen molar-refractivity contribution >= 4 is 33.1 Å². The number of benzene rings is 2. The zero-order chi connectivity index (χ0) is 21.0. The lowest BCUT2D eigenvalue weighted by Gasteiger charge is -2.26. The minimum atomic E-state index is -3.06. The fourth-order valence-electron chi connectivity index (χ4n) is 3.36. The highest BCUT2D eigenvalue weighted by molar-refractivity contribution is 7.91. The molecule has 0 bridgehead atoms. The maximum atomic E-state index is 12.5. The molecule has 1 aliphatic heterocycles. The van der Waals surface area contributed by atoms with Gasteiger partial charge in [-0.15, -0.1) is 0 Å². The number of halogens is 1. The highest BCUT2D eigenvalue weighted by Crippen LogP contribution is 2.19. The van der Waals surface area contributed by atoms with E-state index >= 15 is 0 Å². The molecule has 1 fully saturated rings. The molecule has 1 heterocycles. The lowest BCUT2D eigenvalue weighted by molar-refractivity contribution is -0.135. The molecule has 1 atom stereocenters. The van der Waals surface area contributed by atoms with Crippen molar-refractivity contribution in [2.45, 2.75) is 19.4 Å². The molecule has 1 aliphatic rings. The molecular formula is C21H22ClNO5S. The van der Waals surface area contributed by atoms with Crippen LogP contribution in [0.1, 0.15) is 29.3 Å². The summed E-state index contributed by atoms with van der Waals surface area (Å²) >= 11 is 5.84. The first-order chi connectivity index (χ1) is 13.8. The Hall–Kier alpha value is -2.38. The summed E-state index contributed by atoms with van der Waals surface area (Å²) in [7, 11) is -3.06. The molecule has 6 nitrogen and oxygen atoms in total. The number of amides is 1. The van der Waals surface area contributed by atoms with Crippen molar-refractivity contribution in [2.75, 3.05) is 24.7 Å². The smallest absolute Gasteiger partial charge is 0.260 e. The number of rotatable bonds is 7. The van der Waals surface area contributed by atoms with Gasteiger partial charge in [0.25, 0.3) is 5.91 Å². The molecule has 8 heteroatoms. The average molecular weight is 436 g/mol. The summed E-state index contributed by atoms with van der Waals surface area (Å²) in [6.45, 7) is 2.06. The molecule has 0 radical (unpaired) electrons. The molecule has 1 amide bonds. The largest absolute Gasteiger partial charge is 0.484 e. The van der Waals surface area contributed by atoms with Crippen LogP contribution in [0.25, 0.3) is 0 Å². The number of likely N-dealkylation sites (N-methyl/N-ethyl adjacent to an activating group) is 1. The fourth-order valence-corrected chi connectivity index (χ4v) is 5.21. The van der Waals surface area contributed by atoms with Gasteiger partial charge in [-0.3, -0.25) is 9.59 Å². The maximum absolute atomic E-state index is 12.5. The van der Waals surface area contributed by atoms with Crippen LogP contribution in [-0.2, 0) is 14.6 Å². The number of nitrogens with zero attached hydrogens (tertiary/aromatic N) is 1. The maximum Gasteiger partial charge on any atom is 0.260 e. The Balaban J connectivity index is 1.59. The van der Waals surface area contributed by atoms with E-state index in [0.29, 0.717) is 34.9 Å². The third-order valence-electron chi connectivity index (χ3n) is 4.90. The van der Waals surface area contributed by atoms with Crippen molar-refractivity contribution in [3.8, 4) is 5.75 Å². The highest BCUT2D eigenvalue weighted by Gasteiger charge is 2.33. The standard InChI is InChI=1S/C21H22ClNO5S/c1-2-23(18-11-12-29(26,27)14-18)20(24)13-28-19-9-5-16(6-10-19)21(25)15-3-7-17(22)8-4-15/h3-10,18H,2,11-14H2,1H3. The molecule has 1 saturated heterocycles. The molecule has 0 spiro atoms. The summed E-state index contributed by atoms with van der Waals surface area (Å²) in [6, 6.07) is 12.9. The van der Waals surface area contributed by atoms with Gasteiger partial charge < -0.3 is 9.64 Å². The topological polar surface area (TPSA) is 80.8 Å². The van der Waals surface area contributed by atoms with Crippen LogP contribution in [0.2, 0.25) is 5.02 Å². The van der Waals surface area contributed by atoms with Gasteiger partial charge in [0.2, 0.25) is 0 Å². The second-order valence-electron chi connectivity index (χ2n) is 6.89. The van der Waals surface area contributed by atoms with Crippen LogP contribution in [0.5, 0.6) is 5.75 Å². The van der Waals surface area contributed by atoms with Crippen LogP contribution in [0, 0.1) is 0 Å². The van der Waals surface area contributed by atoms with E-state index in [1.54, 1.807) is 53.4 Å². The molecule has 2 aromatic carbocycles. The summed E-state index contributed by atoms with van der Waals surface area (Å²) in [6.07, 6.45) is 0.462. The summed E-state index contributed by atoms with van der Waals surface area (Å²) in [5.41, 5.74) is 1.03. The molecule has 0 aliphatic carbocycles. The quantitative estimate of drug-likeness (QED) is 0.624. The molecule has 1 unspecified atom stereocenters. The Labute approximate surface area is 175 Å². The second kappa shape index (κ2) is 8.97. The Bertz CT molecular complexity index is 987. The van der Waals surface area contributed by atoms with Gasteiger partial charge in [0.05, 0.1) is 11.5 Å². The van der Waals surface area contributed by atoms with E-state index in [-0.39, 0.29) is 35.8 Å². The van der Waals surface area contributed by atoms with Gasteiger partial charge in [-0.2, -0.15) is 0 Å². The Kier molecular flexibility index (Phi) is 6.59. The van der Waals surface area contributed by atoms with E-state index < -0.39 is 9.84 Å². The zero-order valence-electron chi connectivity index (χ0n) is 16.0. The SMILES string of the molecule is CCN(C(=O)COc1ccc(C(=O)c2ccc(Cl)cc2)cc1)C1CCS(=O)(=O)C1. The third kappa shape index (κ3) is 5.36. The van der Waals surface area contributed by atoms with Crippen LogP contribution in [0.4, 0.5) is 0 Å². The lowest BCUT2D eigenvalue weighted by atomic mass is 10.0. The van der Waals surface area contributed by atoms with Crippen LogP contribution in [-0.4, -0.2) is 55.7 Å². The first-order valence-electron chi connectivity index (χ1n) is 9.32. The Morgan fingerprint density at radius 2 is 1.66 bits per heavy atom. The van der Waals surface area contributed by atoms with E-state index in [1.807, 2.05) is 6.92 Å². The zero-order valence-corrected chi connectivity index (χ0v) is 17.6. The van der Waals surface area contributed by atoms with Crippen LogP contribution in [0.3, 0.4) is 0 Å². The molecule has 0 aromatic heterocycles. The van der Waals surface area contributed by atoms with Crippen LogP contribution < -0.4 is 4.74 Å². The molecule has 2 aromatic rings. The average Bonchev–Trinajstić information content (AvgIpc) is 3.06. The van der Waals surface area contributed by atoms with Gasteiger partial charge in [-0.25, -0.2) is 8.42 Å². The first-order valence-corrected chi connectivity index (χ1v) is 11.5. The number of ether oxygens (including phenoxy) is 1. The second-order valence-corrected chi connectivity index (χ2v) is 9.55. The number of hydrogen-bond donors (Lipinski definition) is 0. The van der Waals surface area contributed by atoms with E-state index in [0.717, 1.165) is 0 Å². The van der Waals surface area contributed by atoms with Gasteiger partial charge in [0.15, 0.2) is 22.2 Å². The normalized spacial score (nSPS) is 17.7. The summed E-state index contributed by atoms with van der Waals surface area (Å²) in [5.74, 6) is 0.195. The van der Waals surface area contributed by atoms with Crippen molar-refractivity contribution in [2.24, 2.45) is 0 Å². The van der Waals surface area contributed by atoms with Gasteiger partial charge in [-0.1, -0.05) is 11.6 Å². The summed E-state index contributed by atoms with van der Waals surface area (Å²) in [5, 5.41) is 0.561. The molecule has 0 saturated carbocycles. The van der Waals surface area contributed by atoms with Crippen molar-refractivity contribution in [3.05, 3.63) is 64.7 Å². The number of carbonyl (C=O) groups excluding carboxylic acids is 2. The van der Waals surface area contributed by atoms with Gasteiger partial charge in [-0.05, 0) is 61.9 Å². The fraction of sp³-hybridized carbons (Fsp3) is 0.333. The highest BCUT2D eigenvalue weighted by atomic mass is 35.5. The lowest BCUT2D eigenvalue weighted by Crippen LogP contribution is -2.43. The first kappa shape index (κ1) is 21.3. The number of hydrogen-bond acceptors (Lipinski definition) is 5. The van der Waals surface area contributed by atoms with E-state index in [9.17, 15) is 18.0 Å². The molecule has 29 heavy (non-hydrogen) atoms. The number of carbonyl (C=O) groups is 2. The predicted octanol–water partition coefficient (Wildman–Crippen LogP) is 2.99. The Morgan fingerprint density at radius 3 is 2.17 bits per heavy atom. The molecule has 154 valence electrons. The third-order valence-corrected chi connectivity index (χ3v) is 6.90. The van der Waals surface area contributed by atoms with Crippen LogP contribution in [0.15, 0.2) is 48.5 Å². The molecule has 0 N–H and O–H groups in total.